The predicted octanol–water partition coefficient (Wildman–Crippen LogP) is 2.68. The van der Waals surface area contributed by atoms with Crippen LogP contribution >= 0.6 is 0 Å². The van der Waals surface area contributed by atoms with Gasteiger partial charge in [-0.15, -0.1) is 0 Å². The molecule has 1 aromatic rings. The third-order valence-corrected chi connectivity index (χ3v) is 2.90. The first-order valence-corrected chi connectivity index (χ1v) is 5.60. The van der Waals surface area contributed by atoms with E-state index in [-0.39, 0.29) is 12.6 Å². The van der Waals surface area contributed by atoms with E-state index in [1.807, 2.05) is 36.4 Å². The molecule has 0 spiro atoms. The largest absolute Gasteiger partial charge is 0.458 e. The second-order valence-electron chi connectivity index (χ2n) is 4.10. The second-order valence-corrected chi connectivity index (χ2v) is 4.10. The molecule has 0 aromatic heterocycles. The lowest BCUT2D eigenvalue weighted by Gasteiger charge is -2.21. The Bertz CT molecular complexity index is 526. The van der Waals surface area contributed by atoms with E-state index in [0.717, 1.165) is 22.6 Å². The quantitative estimate of drug-likeness (QED) is 0.684. The van der Waals surface area contributed by atoms with E-state index in [1.165, 1.54) is 0 Å². The molecule has 0 saturated carbocycles. The molecule has 2 aliphatic rings. The molecular formula is C14H12O3. The summed E-state index contributed by atoms with van der Waals surface area (Å²) < 4.78 is 11.0. The van der Waals surface area contributed by atoms with Crippen molar-refractivity contribution >= 4 is 11.9 Å². The molecular weight excluding hydrogens is 216 g/mol. The minimum atomic E-state index is 0.189. The summed E-state index contributed by atoms with van der Waals surface area (Å²) in [5.74, 6) is 1.79. The number of hydrogen-bond donors (Lipinski definition) is 0. The number of carbonyl (C=O) groups excluding carboxylic acids is 1. The first-order chi connectivity index (χ1) is 8.33. The second kappa shape index (κ2) is 4.09. The van der Waals surface area contributed by atoms with E-state index >= 15 is 0 Å². The van der Waals surface area contributed by atoms with E-state index in [9.17, 15) is 4.79 Å². The molecule has 0 amide bonds. The first kappa shape index (κ1) is 10.1. The number of Topliss-reactive ketones (excluding diaryl/α,β-unsaturated/α-hetero) is 1. The van der Waals surface area contributed by atoms with Gasteiger partial charge in [-0.25, -0.2) is 0 Å². The van der Waals surface area contributed by atoms with Gasteiger partial charge in [-0.3, -0.25) is 4.79 Å². The maximum absolute atomic E-state index is 11.5. The summed E-state index contributed by atoms with van der Waals surface area (Å²) in [5, 5.41) is 0. The first-order valence-electron chi connectivity index (χ1n) is 5.60. The molecule has 3 rings (SSSR count). The van der Waals surface area contributed by atoms with E-state index in [2.05, 4.69) is 0 Å². The molecule has 1 aromatic carbocycles. The van der Waals surface area contributed by atoms with Gasteiger partial charge in [-0.05, 0) is 18.2 Å². The van der Waals surface area contributed by atoms with Crippen molar-refractivity contribution in [3.8, 4) is 5.75 Å². The van der Waals surface area contributed by atoms with Crippen LogP contribution in [-0.4, -0.2) is 12.6 Å². The summed E-state index contributed by atoms with van der Waals surface area (Å²) in [4.78, 5) is 11.5. The predicted molar refractivity (Wildman–Crippen MR) is 63.3 cm³/mol. The van der Waals surface area contributed by atoms with Crippen molar-refractivity contribution in [3.63, 3.8) is 0 Å². The Hall–Kier alpha value is -2.03. The summed E-state index contributed by atoms with van der Waals surface area (Å²) >= 11 is 0. The maximum atomic E-state index is 11.5. The van der Waals surface area contributed by atoms with Crippen LogP contribution in [-0.2, 0) is 9.53 Å². The van der Waals surface area contributed by atoms with E-state index in [0.29, 0.717) is 12.8 Å². The maximum Gasteiger partial charge on any atom is 0.230 e. The van der Waals surface area contributed by atoms with E-state index in [4.69, 9.17) is 9.47 Å². The van der Waals surface area contributed by atoms with Gasteiger partial charge in [0.15, 0.2) is 0 Å². The molecule has 0 fully saturated rings. The standard InChI is InChI=1S/C14H12O3/c15-12-5-6-14-11(8-12)7-10-3-1-2-4-13(10)16-9-17-14/h1-4,6-7H,5,8-9H2/b11-7-. The zero-order valence-corrected chi connectivity index (χ0v) is 9.31. The minimum Gasteiger partial charge on any atom is -0.458 e. The number of carbonyl (C=O) groups is 1. The van der Waals surface area contributed by atoms with Crippen molar-refractivity contribution in [1.29, 1.82) is 0 Å². The van der Waals surface area contributed by atoms with Gasteiger partial charge in [0.25, 0.3) is 0 Å². The van der Waals surface area contributed by atoms with Crippen LogP contribution in [0, 0.1) is 0 Å². The molecule has 3 heteroatoms. The molecule has 0 saturated heterocycles. The molecule has 1 aliphatic heterocycles. The van der Waals surface area contributed by atoms with Crippen LogP contribution in [0.2, 0.25) is 0 Å². The molecule has 1 aliphatic carbocycles. The Morgan fingerprint density at radius 2 is 2.00 bits per heavy atom. The van der Waals surface area contributed by atoms with Gasteiger partial charge in [-0.1, -0.05) is 18.2 Å². The van der Waals surface area contributed by atoms with Crippen molar-refractivity contribution in [2.45, 2.75) is 12.8 Å². The van der Waals surface area contributed by atoms with Crippen molar-refractivity contribution in [3.05, 3.63) is 47.2 Å². The van der Waals surface area contributed by atoms with Crippen molar-refractivity contribution in [1.82, 2.24) is 0 Å². The third-order valence-electron chi connectivity index (χ3n) is 2.90. The zero-order chi connectivity index (χ0) is 11.7. The summed E-state index contributed by atoms with van der Waals surface area (Å²) in [5.41, 5.74) is 1.93. The zero-order valence-electron chi connectivity index (χ0n) is 9.31. The molecule has 3 nitrogen and oxygen atoms in total. The Morgan fingerprint density at radius 3 is 2.94 bits per heavy atom. The Labute approximate surface area is 99.3 Å². The van der Waals surface area contributed by atoms with Gasteiger partial charge in [0, 0.05) is 24.0 Å². The average molecular weight is 228 g/mol. The lowest BCUT2D eigenvalue weighted by Crippen LogP contribution is -2.14. The molecule has 1 heterocycles. The number of allylic oxidation sites excluding steroid dienone is 2. The Morgan fingerprint density at radius 1 is 1.12 bits per heavy atom. The third kappa shape index (κ3) is 1.96. The summed E-state index contributed by atoms with van der Waals surface area (Å²) in [6.07, 6.45) is 4.70. The number of fused-ring (bicyclic) bond motifs is 2. The fraction of sp³-hybridized carbons (Fsp3) is 0.214. The van der Waals surface area contributed by atoms with Crippen LogP contribution in [0.1, 0.15) is 18.4 Å². The summed E-state index contributed by atoms with van der Waals surface area (Å²) in [6, 6.07) is 7.75. The number of rotatable bonds is 0. The van der Waals surface area contributed by atoms with Gasteiger partial charge in [0.05, 0.1) is 0 Å². The van der Waals surface area contributed by atoms with Gasteiger partial charge in [-0.2, -0.15) is 0 Å². The fourth-order valence-corrected chi connectivity index (χ4v) is 2.06. The van der Waals surface area contributed by atoms with Crippen LogP contribution in [0.25, 0.3) is 6.08 Å². The Kier molecular flexibility index (Phi) is 2.44. The topological polar surface area (TPSA) is 35.5 Å². The van der Waals surface area contributed by atoms with Gasteiger partial charge >= 0.3 is 0 Å². The summed E-state index contributed by atoms with van der Waals surface area (Å²) in [6.45, 7) is 0.189. The highest BCUT2D eigenvalue weighted by atomic mass is 16.7. The molecule has 0 bridgehead atoms. The lowest BCUT2D eigenvalue weighted by atomic mass is 9.96. The van der Waals surface area contributed by atoms with Crippen molar-refractivity contribution in [2.24, 2.45) is 0 Å². The van der Waals surface area contributed by atoms with E-state index in [1.54, 1.807) is 0 Å². The number of ketones is 1. The van der Waals surface area contributed by atoms with Crippen LogP contribution in [0.15, 0.2) is 41.7 Å². The molecule has 86 valence electrons. The van der Waals surface area contributed by atoms with Gasteiger partial charge < -0.3 is 9.47 Å². The number of ether oxygens (including phenoxy) is 2. The fourth-order valence-electron chi connectivity index (χ4n) is 2.06. The SMILES string of the molecule is O=C1CC=C2OCOc3ccccc3/C=C\2C1. The van der Waals surface area contributed by atoms with Crippen molar-refractivity contribution < 1.29 is 14.3 Å². The molecule has 0 unspecified atom stereocenters. The molecule has 0 N–H and O–H groups in total. The van der Waals surface area contributed by atoms with Gasteiger partial charge in [0.2, 0.25) is 6.79 Å². The molecule has 0 atom stereocenters. The molecule has 0 radical (unpaired) electrons. The average Bonchev–Trinajstić information content (AvgIpc) is 2.31. The Balaban J connectivity index is 2.09. The highest BCUT2D eigenvalue weighted by Crippen LogP contribution is 2.30. The van der Waals surface area contributed by atoms with E-state index < -0.39 is 0 Å². The highest BCUT2D eigenvalue weighted by molar-refractivity contribution is 5.87. The molecule has 17 heavy (non-hydrogen) atoms. The number of para-hydroxylation sites is 1. The normalized spacial score (nSPS) is 21.5. The van der Waals surface area contributed by atoms with Crippen LogP contribution in [0.4, 0.5) is 0 Å². The minimum absolute atomic E-state index is 0.189. The highest BCUT2D eigenvalue weighted by Gasteiger charge is 2.19. The van der Waals surface area contributed by atoms with Crippen LogP contribution < -0.4 is 4.74 Å². The smallest absolute Gasteiger partial charge is 0.230 e. The summed E-state index contributed by atoms with van der Waals surface area (Å²) in [7, 11) is 0. The van der Waals surface area contributed by atoms with Gasteiger partial charge in [0.1, 0.15) is 17.3 Å². The number of benzene rings is 1. The van der Waals surface area contributed by atoms with Crippen LogP contribution in [0.3, 0.4) is 0 Å². The lowest BCUT2D eigenvalue weighted by molar-refractivity contribution is -0.118. The number of hydrogen-bond acceptors (Lipinski definition) is 3. The van der Waals surface area contributed by atoms with Crippen LogP contribution in [0.5, 0.6) is 5.75 Å². The van der Waals surface area contributed by atoms with Crippen molar-refractivity contribution in [2.75, 3.05) is 6.79 Å². The monoisotopic (exact) mass is 228 g/mol.